The maximum Gasteiger partial charge on any atom is 0.226 e. The number of halogens is 1. The van der Waals surface area contributed by atoms with Crippen molar-refractivity contribution < 1.29 is 13.9 Å². The minimum Gasteiger partial charge on any atom is -0.494 e. The number of fused-ring (bicyclic) bond motifs is 1. The third-order valence-corrected chi connectivity index (χ3v) is 3.12. The Morgan fingerprint density at radius 3 is 2.72 bits per heavy atom. The fourth-order valence-electron chi connectivity index (χ4n) is 1.99. The van der Waals surface area contributed by atoms with Crippen LogP contribution in [-0.4, -0.2) is 19.1 Å². The Morgan fingerprint density at radius 2 is 2.11 bits per heavy atom. The van der Waals surface area contributed by atoms with Gasteiger partial charge < -0.3 is 15.4 Å². The Bertz CT molecular complexity index is 474. The third-order valence-electron chi connectivity index (χ3n) is 3.12. The van der Waals surface area contributed by atoms with E-state index < -0.39 is 5.82 Å². The van der Waals surface area contributed by atoms with Gasteiger partial charge >= 0.3 is 0 Å². The minimum absolute atomic E-state index is 0.0291. The fourth-order valence-corrected chi connectivity index (χ4v) is 1.99. The number of anilines is 2. The van der Waals surface area contributed by atoms with Crippen LogP contribution in [0.1, 0.15) is 20.3 Å². The van der Waals surface area contributed by atoms with Crippen molar-refractivity contribution in [1.29, 1.82) is 0 Å². The normalized spacial score (nSPS) is 18.7. The van der Waals surface area contributed by atoms with Crippen LogP contribution in [0.15, 0.2) is 12.1 Å². The number of hydrogen-bond acceptors (Lipinski definition) is 3. The van der Waals surface area contributed by atoms with Crippen LogP contribution in [0, 0.1) is 11.7 Å². The molecule has 5 heteroatoms. The Kier molecular flexibility index (Phi) is 3.41. The Labute approximate surface area is 106 Å². The molecule has 0 spiro atoms. The molecule has 1 aromatic carbocycles. The molecule has 98 valence electrons. The van der Waals surface area contributed by atoms with Crippen LogP contribution < -0.4 is 15.4 Å². The minimum atomic E-state index is -0.485. The van der Waals surface area contributed by atoms with Gasteiger partial charge in [0.25, 0.3) is 0 Å². The van der Waals surface area contributed by atoms with E-state index in [-0.39, 0.29) is 17.7 Å². The summed E-state index contributed by atoms with van der Waals surface area (Å²) in [6.07, 6.45) is 0.371. The molecule has 0 aliphatic carbocycles. The number of carbonyl (C=O) groups excluding carboxylic acids is 1. The van der Waals surface area contributed by atoms with Crippen molar-refractivity contribution in [2.45, 2.75) is 26.3 Å². The Hall–Kier alpha value is -1.78. The predicted octanol–water partition coefficient (Wildman–Crippen LogP) is 2.61. The fraction of sp³-hybridized carbons (Fsp3) is 0.462. The van der Waals surface area contributed by atoms with Crippen LogP contribution in [0.4, 0.5) is 15.8 Å². The van der Waals surface area contributed by atoms with Gasteiger partial charge in [-0.15, -0.1) is 0 Å². The zero-order chi connectivity index (χ0) is 13.3. The summed E-state index contributed by atoms with van der Waals surface area (Å²) in [6, 6.07) is 2.88. The van der Waals surface area contributed by atoms with Crippen molar-refractivity contribution in [3.8, 4) is 5.75 Å². The molecule has 0 saturated carbocycles. The molecule has 0 fully saturated rings. The zero-order valence-corrected chi connectivity index (χ0v) is 10.7. The molecule has 4 nitrogen and oxygen atoms in total. The highest BCUT2D eigenvalue weighted by Gasteiger charge is 2.24. The van der Waals surface area contributed by atoms with E-state index in [1.54, 1.807) is 6.07 Å². The molecule has 1 atom stereocenters. The summed E-state index contributed by atoms with van der Waals surface area (Å²) in [5, 5.41) is 5.96. The van der Waals surface area contributed by atoms with Gasteiger partial charge in [0.15, 0.2) is 11.6 Å². The average Bonchev–Trinajstić information content (AvgIpc) is 2.46. The SMILES string of the molecule is COc1cc2c(cc1F)NC(=O)CC(C(C)C)N2. The lowest BCUT2D eigenvalue weighted by Crippen LogP contribution is -2.27. The summed E-state index contributed by atoms with van der Waals surface area (Å²) in [7, 11) is 1.42. The predicted molar refractivity (Wildman–Crippen MR) is 68.4 cm³/mol. The summed E-state index contributed by atoms with van der Waals surface area (Å²) in [4.78, 5) is 11.7. The largest absolute Gasteiger partial charge is 0.494 e. The van der Waals surface area contributed by atoms with Crippen molar-refractivity contribution in [3.05, 3.63) is 17.9 Å². The van der Waals surface area contributed by atoms with Crippen molar-refractivity contribution in [3.63, 3.8) is 0 Å². The number of carbonyl (C=O) groups is 1. The molecule has 1 aliphatic heterocycles. The molecular weight excluding hydrogens is 235 g/mol. The second-order valence-electron chi connectivity index (χ2n) is 4.78. The van der Waals surface area contributed by atoms with E-state index in [0.717, 1.165) is 0 Å². The third kappa shape index (κ3) is 2.39. The van der Waals surface area contributed by atoms with Gasteiger partial charge in [0.1, 0.15) is 0 Å². The standard InChI is InChI=1S/C13H17FN2O2/c1-7(2)9-6-13(17)16-10-4-8(14)12(18-3)5-11(10)15-9/h4-5,7,9,15H,6H2,1-3H3,(H,16,17). The monoisotopic (exact) mass is 252 g/mol. The van der Waals surface area contributed by atoms with Crippen LogP contribution in [0.5, 0.6) is 5.75 Å². The summed E-state index contributed by atoms with van der Waals surface area (Å²) >= 11 is 0. The molecule has 2 rings (SSSR count). The molecule has 0 aromatic heterocycles. The highest BCUT2D eigenvalue weighted by atomic mass is 19.1. The van der Waals surface area contributed by atoms with Gasteiger partial charge in [0.05, 0.1) is 18.5 Å². The number of amides is 1. The number of ether oxygens (including phenoxy) is 1. The molecular formula is C13H17FN2O2. The molecule has 1 heterocycles. The van der Waals surface area contributed by atoms with Gasteiger partial charge in [0, 0.05) is 24.6 Å². The first-order chi connectivity index (χ1) is 8.51. The van der Waals surface area contributed by atoms with E-state index in [1.165, 1.54) is 13.2 Å². The second-order valence-corrected chi connectivity index (χ2v) is 4.78. The van der Waals surface area contributed by atoms with E-state index in [4.69, 9.17) is 4.74 Å². The summed E-state index contributed by atoms with van der Waals surface area (Å²) in [6.45, 7) is 4.08. The Balaban J connectivity index is 2.41. The first-order valence-electron chi connectivity index (χ1n) is 5.95. The average molecular weight is 252 g/mol. The molecule has 18 heavy (non-hydrogen) atoms. The van der Waals surface area contributed by atoms with Crippen LogP contribution >= 0.6 is 0 Å². The maximum absolute atomic E-state index is 13.6. The van der Waals surface area contributed by atoms with Gasteiger partial charge in [-0.3, -0.25) is 4.79 Å². The highest BCUT2D eigenvalue weighted by molar-refractivity contribution is 5.96. The van der Waals surface area contributed by atoms with Crippen molar-refractivity contribution in [1.82, 2.24) is 0 Å². The lowest BCUT2D eigenvalue weighted by Gasteiger charge is -2.20. The van der Waals surface area contributed by atoms with Crippen LogP contribution in [0.3, 0.4) is 0 Å². The molecule has 0 radical (unpaired) electrons. The molecule has 0 bridgehead atoms. The van der Waals surface area contributed by atoms with Crippen LogP contribution in [0.25, 0.3) is 0 Å². The van der Waals surface area contributed by atoms with Crippen molar-refractivity contribution >= 4 is 17.3 Å². The first-order valence-corrected chi connectivity index (χ1v) is 5.95. The number of rotatable bonds is 2. The van der Waals surface area contributed by atoms with E-state index >= 15 is 0 Å². The van der Waals surface area contributed by atoms with Crippen LogP contribution in [0.2, 0.25) is 0 Å². The quantitative estimate of drug-likeness (QED) is 0.850. The lowest BCUT2D eigenvalue weighted by molar-refractivity contribution is -0.116. The van der Waals surface area contributed by atoms with Crippen molar-refractivity contribution in [2.75, 3.05) is 17.7 Å². The van der Waals surface area contributed by atoms with Gasteiger partial charge in [-0.25, -0.2) is 4.39 Å². The highest BCUT2D eigenvalue weighted by Crippen LogP contribution is 2.33. The molecule has 1 aliphatic rings. The molecule has 1 unspecified atom stereocenters. The first kappa shape index (κ1) is 12.7. The van der Waals surface area contributed by atoms with Gasteiger partial charge in [0.2, 0.25) is 5.91 Å². The van der Waals surface area contributed by atoms with Gasteiger partial charge in [-0.05, 0) is 5.92 Å². The number of methoxy groups -OCH3 is 1. The lowest BCUT2D eigenvalue weighted by atomic mass is 10.0. The Morgan fingerprint density at radius 1 is 1.39 bits per heavy atom. The molecule has 2 N–H and O–H groups in total. The van der Waals surface area contributed by atoms with Crippen LogP contribution in [-0.2, 0) is 4.79 Å². The van der Waals surface area contributed by atoms with Gasteiger partial charge in [-0.1, -0.05) is 13.8 Å². The molecule has 0 saturated heterocycles. The van der Waals surface area contributed by atoms with E-state index in [2.05, 4.69) is 10.6 Å². The molecule has 1 aromatic rings. The summed E-state index contributed by atoms with van der Waals surface area (Å²) in [5.74, 6) is -0.122. The summed E-state index contributed by atoms with van der Waals surface area (Å²) < 4.78 is 18.5. The number of benzene rings is 1. The van der Waals surface area contributed by atoms with E-state index in [9.17, 15) is 9.18 Å². The maximum atomic E-state index is 13.6. The van der Waals surface area contributed by atoms with Crippen molar-refractivity contribution in [2.24, 2.45) is 5.92 Å². The van der Waals surface area contributed by atoms with E-state index in [0.29, 0.717) is 23.7 Å². The zero-order valence-electron chi connectivity index (χ0n) is 10.7. The second kappa shape index (κ2) is 4.84. The number of hydrogen-bond donors (Lipinski definition) is 2. The topological polar surface area (TPSA) is 50.4 Å². The van der Waals surface area contributed by atoms with Gasteiger partial charge in [-0.2, -0.15) is 0 Å². The smallest absolute Gasteiger partial charge is 0.226 e. The number of nitrogens with one attached hydrogen (secondary N) is 2. The molecule has 1 amide bonds. The summed E-state index contributed by atoms with van der Waals surface area (Å²) in [5.41, 5.74) is 1.15. The van der Waals surface area contributed by atoms with E-state index in [1.807, 2.05) is 13.8 Å².